The molecule has 1 aromatic heterocycles. The fourth-order valence-electron chi connectivity index (χ4n) is 6.25. The monoisotopic (exact) mass is 498 g/mol. The highest BCUT2D eigenvalue weighted by atomic mass is 35.5. The number of aryl methyl sites for hydroxylation is 1. The Bertz CT molecular complexity index is 1120. The summed E-state index contributed by atoms with van der Waals surface area (Å²) >= 11 is 6.36. The second kappa shape index (κ2) is 9.61. The molecule has 3 fully saturated rings. The number of carbonyl (C=O) groups is 2. The SMILES string of the molecule is Cc1ccc(NC(=O)[C@@H]2C[C@@H](C(=O)O)C[C@H]2c2noc([C@H]3C[C@@H](CC(C)C)C3)c2C2CC2)c(Cl)c1. The Balaban J connectivity index is 1.40. The first kappa shape index (κ1) is 24.4. The lowest BCUT2D eigenvalue weighted by Gasteiger charge is -2.35. The van der Waals surface area contributed by atoms with Gasteiger partial charge in [-0.25, -0.2) is 0 Å². The first-order valence-corrected chi connectivity index (χ1v) is 13.4. The van der Waals surface area contributed by atoms with Crippen LogP contribution >= 0.6 is 11.6 Å². The van der Waals surface area contributed by atoms with E-state index in [1.807, 2.05) is 19.1 Å². The summed E-state index contributed by atoms with van der Waals surface area (Å²) in [7, 11) is 0. The molecule has 5 rings (SSSR count). The van der Waals surface area contributed by atoms with Crippen LogP contribution in [0.25, 0.3) is 0 Å². The van der Waals surface area contributed by atoms with Crippen molar-refractivity contribution in [2.24, 2.45) is 23.7 Å². The lowest BCUT2D eigenvalue weighted by atomic mass is 9.69. The lowest BCUT2D eigenvalue weighted by Crippen LogP contribution is -2.26. The van der Waals surface area contributed by atoms with E-state index in [9.17, 15) is 14.7 Å². The second-order valence-corrected chi connectivity index (χ2v) is 11.9. The molecule has 3 saturated carbocycles. The predicted molar refractivity (Wildman–Crippen MR) is 135 cm³/mol. The molecule has 0 radical (unpaired) electrons. The number of nitrogens with zero attached hydrogens (tertiary/aromatic N) is 1. The molecule has 1 heterocycles. The van der Waals surface area contributed by atoms with E-state index < -0.39 is 17.8 Å². The van der Waals surface area contributed by atoms with Crippen molar-refractivity contribution in [2.45, 2.75) is 83.5 Å². The summed E-state index contributed by atoms with van der Waals surface area (Å²) in [5.41, 5.74) is 3.57. The van der Waals surface area contributed by atoms with E-state index in [1.54, 1.807) is 6.07 Å². The smallest absolute Gasteiger partial charge is 0.306 e. The maximum Gasteiger partial charge on any atom is 0.306 e. The quantitative estimate of drug-likeness (QED) is 0.413. The largest absolute Gasteiger partial charge is 0.481 e. The summed E-state index contributed by atoms with van der Waals surface area (Å²) in [4.78, 5) is 25.4. The van der Waals surface area contributed by atoms with Gasteiger partial charge in [0.2, 0.25) is 5.91 Å². The van der Waals surface area contributed by atoms with E-state index in [0.29, 0.717) is 41.3 Å². The maximum absolute atomic E-state index is 13.4. The number of aliphatic carboxylic acids is 1. The number of anilines is 1. The van der Waals surface area contributed by atoms with Gasteiger partial charge in [0.1, 0.15) is 5.76 Å². The third-order valence-electron chi connectivity index (χ3n) is 8.16. The predicted octanol–water partition coefficient (Wildman–Crippen LogP) is 6.89. The van der Waals surface area contributed by atoms with Gasteiger partial charge in [-0.05, 0) is 87.3 Å². The van der Waals surface area contributed by atoms with Crippen LogP contribution in [0.3, 0.4) is 0 Å². The Morgan fingerprint density at radius 3 is 2.54 bits per heavy atom. The lowest BCUT2D eigenvalue weighted by molar-refractivity contribution is -0.141. The number of halogens is 1. The van der Waals surface area contributed by atoms with Crippen LogP contribution in [-0.2, 0) is 9.59 Å². The molecule has 0 bridgehead atoms. The van der Waals surface area contributed by atoms with Gasteiger partial charge >= 0.3 is 5.97 Å². The van der Waals surface area contributed by atoms with Crippen LogP contribution < -0.4 is 5.32 Å². The molecule has 188 valence electrons. The number of carbonyl (C=O) groups excluding carboxylic acids is 1. The highest BCUT2D eigenvalue weighted by Crippen LogP contribution is 2.55. The maximum atomic E-state index is 13.4. The molecule has 0 unspecified atom stereocenters. The van der Waals surface area contributed by atoms with Crippen molar-refractivity contribution in [3.05, 3.63) is 45.8 Å². The fraction of sp³-hybridized carbons (Fsp3) is 0.607. The molecule has 0 spiro atoms. The van der Waals surface area contributed by atoms with Crippen molar-refractivity contribution in [1.29, 1.82) is 0 Å². The Hall–Kier alpha value is -2.34. The van der Waals surface area contributed by atoms with Gasteiger partial charge in [-0.1, -0.05) is 36.7 Å². The van der Waals surface area contributed by atoms with Crippen molar-refractivity contribution < 1.29 is 19.2 Å². The van der Waals surface area contributed by atoms with E-state index in [0.717, 1.165) is 48.6 Å². The average molecular weight is 499 g/mol. The molecule has 2 N–H and O–H groups in total. The van der Waals surface area contributed by atoms with Gasteiger partial charge in [0.05, 0.1) is 22.3 Å². The summed E-state index contributed by atoms with van der Waals surface area (Å²) < 4.78 is 5.99. The molecule has 0 saturated heterocycles. The summed E-state index contributed by atoms with van der Waals surface area (Å²) in [5, 5.41) is 17.7. The van der Waals surface area contributed by atoms with E-state index in [2.05, 4.69) is 24.3 Å². The average Bonchev–Trinajstić information content (AvgIpc) is 3.35. The van der Waals surface area contributed by atoms with Gasteiger partial charge in [-0.15, -0.1) is 0 Å². The van der Waals surface area contributed by atoms with Crippen molar-refractivity contribution in [1.82, 2.24) is 5.16 Å². The van der Waals surface area contributed by atoms with Crippen molar-refractivity contribution in [2.75, 3.05) is 5.32 Å². The Morgan fingerprint density at radius 1 is 1.17 bits per heavy atom. The first-order valence-electron chi connectivity index (χ1n) is 13.0. The van der Waals surface area contributed by atoms with Crippen LogP contribution in [-0.4, -0.2) is 22.1 Å². The Labute approximate surface area is 211 Å². The number of nitrogens with one attached hydrogen (secondary N) is 1. The number of benzene rings is 1. The first-order chi connectivity index (χ1) is 16.7. The minimum Gasteiger partial charge on any atom is -0.481 e. The molecule has 1 aromatic carbocycles. The number of aromatic nitrogens is 1. The summed E-state index contributed by atoms with van der Waals surface area (Å²) in [5.74, 6) is 0.877. The van der Waals surface area contributed by atoms with Gasteiger partial charge in [0.25, 0.3) is 0 Å². The van der Waals surface area contributed by atoms with Crippen molar-refractivity contribution >= 4 is 29.2 Å². The van der Waals surface area contributed by atoms with Crippen molar-refractivity contribution in [3.63, 3.8) is 0 Å². The van der Waals surface area contributed by atoms with Crippen LogP contribution in [0, 0.1) is 30.6 Å². The third-order valence-corrected chi connectivity index (χ3v) is 8.48. The Kier molecular flexibility index (Phi) is 6.69. The zero-order valence-electron chi connectivity index (χ0n) is 20.7. The highest BCUT2D eigenvalue weighted by Gasteiger charge is 2.48. The number of carboxylic acid groups (broad SMARTS) is 1. The van der Waals surface area contributed by atoms with E-state index in [4.69, 9.17) is 16.1 Å². The van der Waals surface area contributed by atoms with Crippen LogP contribution in [0.2, 0.25) is 5.02 Å². The van der Waals surface area contributed by atoms with E-state index >= 15 is 0 Å². The van der Waals surface area contributed by atoms with Gasteiger partial charge in [0.15, 0.2) is 0 Å². The molecule has 2 aromatic rings. The zero-order chi connectivity index (χ0) is 24.9. The van der Waals surface area contributed by atoms with Gasteiger partial charge < -0.3 is 14.9 Å². The van der Waals surface area contributed by atoms with Gasteiger partial charge in [-0.2, -0.15) is 0 Å². The highest BCUT2D eigenvalue weighted by molar-refractivity contribution is 6.33. The molecular weight excluding hydrogens is 464 g/mol. The molecule has 3 atom stereocenters. The van der Waals surface area contributed by atoms with Crippen LogP contribution in [0.4, 0.5) is 5.69 Å². The van der Waals surface area contributed by atoms with Gasteiger partial charge in [-0.3, -0.25) is 9.59 Å². The fourth-order valence-corrected chi connectivity index (χ4v) is 6.54. The second-order valence-electron chi connectivity index (χ2n) is 11.5. The number of hydrogen-bond acceptors (Lipinski definition) is 4. The van der Waals surface area contributed by atoms with Gasteiger partial charge in [0, 0.05) is 23.3 Å². The molecule has 3 aliphatic carbocycles. The van der Waals surface area contributed by atoms with Crippen molar-refractivity contribution in [3.8, 4) is 0 Å². The topological polar surface area (TPSA) is 92.4 Å². The molecule has 1 amide bonds. The number of amides is 1. The standard InChI is InChI=1S/C28H35ClN2O4/c1-14(2)8-16-10-18(11-16)26-24(17-5-6-17)25(31-35-26)20-12-19(28(33)34)13-21(20)27(32)30-23-7-4-15(3)9-22(23)29/h4,7,9,14,16-21H,5-6,8,10-13H2,1-3H3,(H,30,32)(H,33,34)/t16-,18+,19-,20+,21+/m0/s1. The molecule has 0 aliphatic heterocycles. The number of hydrogen-bond donors (Lipinski definition) is 2. The normalized spacial score (nSPS) is 28.2. The van der Waals surface area contributed by atoms with Crippen LogP contribution in [0.15, 0.2) is 22.7 Å². The molecule has 6 nitrogen and oxygen atoms in total. The Morgan fingerprint density at radius 2 is 1.91 bits per heavy atom. The summed E-state index contributed by atoms with van der Waals surface area (Å²) in [6.45, 7) is 6.48. The molecular formula is C28H35ClN2O4. The molecule has 35 heavy (non-hydrogen) atoms. The third kappa shape index (κ3) is 5.00. The zero-order valence-corrected chi connectivity index (χ0v) is 21.5. The van der Waals surface area contributed by atoms with Crippen LogP contribution in [0.5, 0.6) is 0 Å². The number of rotatable bonds is 8. The summed E-state index contributed by atoms with van der Waals surface area (Å²) in [6, 6.07) is 5.50. The number of carboxylic acids is 1. The minimum atomic E-state index is -0.856. The van der Waals surface area contributed by atoms with E-state index in [1.165, 1.54) is 12.0 Å². The molecule has 3 aliphatic rings. The summed E-state index contributed by atoms with van der Waals surface area (Å²) in [6.07, 6.45) is 6.41. The van der Waals surface area contributed by atoms with Crippen LogP contribution in [0.1, 0.15) is 99.1 Å². The molecule has 7 heteroatoms. The minimum absolute atomic E-state index is 0.198. The van der Waals surface area contributed by atoms with E-state index in [-0.39, 0.29) is 11.8 Å².